The zero-order chi connectivity index (χ0) is 25.2. The number of aromatic nitrogens is 2. The molecule has 1 aromatic heterocycles. The number of anilines is 1. The fourth-order valence-electron chi connectivity index (χ4n) is 4.30. The van der Waals surface area contributed by atoms with E-state index in [0.717, 1.165) is 36.0 Å². The van der Waals surface area contributed by atoms with Gasteiger partial charge in [-0.2, -0.15) is 0 Å². The van der Waals surface area contributed by atoms with Crippen molar-refractivity contribution in [2.45, 2.75) is 31.2 Å². The Hall–Kier alpha value is -3.40. The minimum absolute atomic E-state index is 0.0339. The third-order valence-corrected chi connectivity index (χ3v) is 7.34. The number of piperidine rings is 1. The van der Waals surface area contributed by atoms with Gasteiger partial charge in [-0.3, -0.25) is 4.79 Å². The van der Waals surface area contributed by atoms with Crippen LogP contribution in [0.25, 0.3) is 10.9 Å². The van der Waals surface area contributed by atoms with E-state index in [-0.39, 0.29) is 16.7 Å². The number of nitrogens with zero attached hydrogens (tertiary/aromatic N) is 3. The highest BCUT2D eigenvalue weighted by atomic mass is 32.2. The fraction of sp³-hybridized carbons (Fsp3) is 0.400. The lowest BCUT2D eigenvalue weighted by atomic mass is 9.97. The van der Waals surface area contributed by atoms with Crippen LogP contribution in [0.5, 0.6) is 11.5 Å². The number of nitrogens with one attached hydrogen (secondary N) is 1. The van der Waals surface area contributed by atoms with E-state index >= 15 is 0 Å². The highest BCUT2D eigenvalue weighted by Gasteiger charge is 2.27. The van der Waals surface area contributed by atoms with Crippen molar-refractivity contribution in [3.63, 3.8) is 0 Å². The molecule has 1 amide bonds. The zero-order valence-corrected chi connectivity index (χ0v) is 21.2. The molecule has 4 rings (SSSR count). The lowest BCUT2D eigenvalue weighted by Crippen LogP contribution is -2.43. The summed E-state index contributed by atoms with van der Waals surface area (Å²) < 4.78 is 34.6. The first-order valence-corrected chi connectivity index (χ1v) is 13.3. The average Bonchev–Trinajstić information content (AvgIpc) is 2.86. The molecule has 0 bridgehead atoms. The summed E-state index contributed by atoms with van der Waals surface area (Å²) in [5.41, 5.74) is 2.23. The van der Waals surface area contributed by atoms with Crippen molar-refractivity contribution in [1.29, 1.82) is 0 Å². The normalized spacial score (nSPS) is 16.2. The summed E-state index contributed by atoms with van der Waals surface area (Å²) in [6.07, 6.45) is 2.78. The van der Waals surface area contributed by atoms with Gasteiger partial charge in [0.15, 0.2) is 9.84 Å². The predicted molar refractivity (Wildman–Crippen MR) is 134 cm³/mol. The Bertz CT molecular complexity index is 1340. The number of rotatable bonds is 7. The molecule has 1 unspecified atom stereocenters. The molecule has 10 heteroatoms. The van der Waals surface area contributed by atoms with Gasteiger partial charge in [-0.05, 0) is 55.7 Å². The summed E-state index contributed by atoms with van der Waals surface area (Å²) in [5.74, 6) is 1.60. The minimum atomic E-state index is -3.35. The summed E-state index contributed by atoms with van der Waals surface area (Å²) >= 11 is 0. The molecule has 1 saturated heterocycles. The Balaban J connectivity index is 1.49. The number of sulfone groups is 1. The number of ether oxygens (including phenoxy) is 2. The second-order valence-electron chi connectivity index (χ2n) is 8.78. The number of carbonyl (C=O) groups is 1. The largest absolute Gasteiger partial charge is 0.497 e. The van der Waals surface area contributed by atoms with E-state index in [9.17, 15) is 13.2 Å². The van der Waals surface area contributed by atoms with Gasteiger partial charge in [-0.15, -0.1) is 0 Å². The van der Waals surface area contributed by atoms with Crippen molar-refractivity contribution in [2.24, 2.45) is 5.92 Å². The van der Waals surface area contributed by atoms with Gasteiger partial charge in [0.1, 0.15) is 11.5 Å². The van der Waals surface area contributed by atoms with Crippen molar-refractivity contribution < 1.29 is 22.7 Å². The van der Waals surface area contributed by atoms with Crippen LogP contribution in [0.2, 0.25) is 0 Å². The average molecular weight is 499 g/mol. The van der Waals surface area contributed by atoms with Gasteiger partial charge in [-0.1, -0.05) is 0 Å². The Morgan fingerprint density at radius 3 is 2.49 bits per heavy atom. The molecule has 1 atom stereocenters. The maximum absolute atomic E-state index is 13.0. The van der Waals surface area contributed by atoms with Crippen LogP contribution in [-0.4, -0.2) is 57.9 Å². The molecule has 0 spiro atoms. The Labute approximate surface area is 205 Å². The number of benzene rings is 2. The molecule has 0 aliphatic carbocycles. The summed E-state index contributed by atoms with van der Waals surface area (Å²) in [7, 11) is -0.167. The molecule has 1 aliphatic rings. The van der Waals surface area contributed by atoms with E-state index in [0.29, 0.717) is 36.1 Å². The molecule has 186 valence electrons. The molecule has 1 fully saturated rings. The first kappa shape index (κ1) is 24.7. The summed E-state index contributed by atoms with van der Waals surface area (Å²) in [6.45, 7) is 3.46. The van der Waals surface area contributed by atoms with E-state index in [1.165, 1.54) is 6.26 Å². The maximum Gasteiger partial charge on any atom is 0.226 e. The minimum Gasteiger partial charge on any atom is -0.497 e. The van der Waals surface area contributed by atoms with Crippen LogP contribution in [0, 0.1) is 12.8 Å². The van der Waals surface area contributed by atoms with Gasteiger partial charge in [0.2, 0.25) is 11.9 Å². The van der Waals surface area contributed by atoms with Crippen LogP contribution in [0.15, 0.2) is 41.3 Å². The first-order chi connectivity index (χ1) is 16.7. The molecule has 3 aromatic rings. The van der Waals surface area contributed by atoms with Crippen LogP contribution >= 0.6 is 0 Å². The van der Waals surface area contributed by atoms with Gasteiger partial charge in [0.25, 0.3) is 0 Å². The third kappa shape index (κ3) is 5.64. The number of hydrogen-bond acceptors (Lipinski definition) is 8. The number of hydrogen-bond donors (Lipinski definition) is 1. The van der Waals surface area contributed by atoms with E-state index in [4.69, 9.17) is 9.47 Å². The van der Waals surface area contributed by atoms with E-state index in [1.807, 2.05) is 24.0 Å². The molecular formula is C25H30N4O5S. The zero-order valence-electron chi connectivity index (χ0n) is 20.4. The van der Waals surface area contributed by atoms with E-state index in [2.05, 4.69) is 15.3 Å². The summed E-state index contributed by atoms with van der Waals surface area (Å²) in [5, 5.41) is 3.83. The van der Waals surface area contributed by atoms with Crippen LogP contribution in [-0.2, 0) is 21.2 Å². The summed E-state index contributed by atoms with van der Waals surface area (Å²) in [6, 6.07) is 10.4. The monoisotopic (exact) mass is 498 g/mol. The topological polar surface area (TPSA) is 111 Å². The van der Waals surface area contributed by atoms with Crippen LogP contribution < -0.4 is 19.7 Å². The number of aryl methyl sites for hydroxylation is 1. The third-order valence-electron chi connectivity index (χ3n) is 6.23. The fourth-order valence-corrected chi connectivity index (χ4v) is 4.94. The number of amides is 1. The molecule has 2 heterocycles. The highest BCUT2D eigenvalue weighted by molar-refractivity contribution is 7.90. The van der Waals surface area contributed by atoms with Crippen molar-refractivity contribution >= 4 is 32.6 Å². The standard InChI is InChI=1S/C25H30N4O5S/c1-16-22-8-7-21(35(4,31)32)13-23(22)28-25(27-16)29-9-5-6-18(15-29)24(30)26-14-17-10-19(33-2)12-20(11-17)34-3/h7-8,10-13,18H,5-6,9,14-15H2,1-4H3,(H,26,30). The second-order valence-corrected chi connectivity index (χ2v) is 10.8. The Kier molecular flexibility index (Phi) is 7.11. The van der Waals surface area contributed by atoms with Gasteiger partial charge < -0.3 is 19.7 Å². The van der Waals surface area contributed by atoms with Gasteiger partial charge in [0.05, 0.1) is 36.2 Å². The second kappa shape index (κ2) is 10.1. The lowest BCUT2D eigenvalue weighted by molar-refractivity contribution is -0.125. The maximum atomic E-state index is 13.0. The lowest BCUT2D eigenvalue weighted by Gasteiger charge is -2.32. The SMILES string of the molecule is COc1cc(CNC(=O)C2CCCN(c3nc(C)c4ccc(S(C)(=O)=O)cc4n3)C2)cc(OC)c1. The Morgan fingerprint density at radius 1 is 1.11 bits per heavy atom. The molecule has 9 nitrogen and oxygen atoms in total. The van der Waals surface area contributed by atoms with Crippen molar-refractivity contribution in [2.75, 3.05) is 38.5 Å². The van der Waals surface area contributed by atoms with E-state index < -0.39 is 9.84 Å². The molecule has 0 radical (unpaired) electrons. The van der Waals surface area contributed by atoms with Gasteiger partial charge in [-0.25, -0.2) is 18.4 Å². The van der Waals surface area contributed by atoms with Gasteiger partial charge >= 0.3 is 0 Å². The number of methoxy groups -OCH3 is 2. The summed E-state index contributed by atoms with van der Waals surface area (Å²) in [4.78, 5) is 24.5. The van der Waals surface area contributed by atoms with Gasteiger partial charge in [0, 0.05) is 37.3 Å². The quantitative estimate of drug-likeness (QED) is 0.529. The van der Waals surface area contributed by atoms with Crippen LogP contribution in [0.4, 0.5) is 5.95 Å². The number of carbonyl (C=O) groups excluding carboxylic acids is 1. The highest BCUT2D eigenvalue weighted by Crippen LogP contribution is 2.26. The Morgan fingerprint density at radius 2 is 1.83 bits per heavy atom. The van der Waals surface area contributed by atoms with Crippen molar-refractivity contribution in [3.05, 3.63) is 47.7 Å². The number of fused-ring (bicyclic) bond motifs is 1. The predicted octanol–water partition coefficient (Wildman–Crippen LogP) is 2.89. The smallest absolute Gasteiger partial charge is 0.226 e. The molecule has 1 N–H and O–H groups in total. The molecule has 35 heavy (non-hydrogen) atoms. The first-order valence-electron chi connectivity index (χ1n) is 11.4. The van der Waals surface area contributed by atoms with E-state index in [1.54, 1.807) is 38.5 Å². The van der Waals surface area contributed by atoms with Crippen LogP contribution in [0.1, 0.15) is 24.1 Å². The van der Waals surface area contributed by atoms with Crippen molar-refractivity contribution in [3.8, 4) is 11.5 Å². The molecule has 2 aromatic carbocycles. The van der Waals surface area contributed by atoms with Crippen molar-refractivity contribution in [1.82, 2.24) is 15.3 Å². The van der Waals surface area contributed by atoms with Crippen LogP contribution in [0.3, 0.4) is 0 Å². The molecular weight excluding hydrogens is 468 g/mol. The molecule has 0 saturated carbocycles. The molecule has 1 aliphatic heterocycles.